The van der Waals surface area contributed by atoms with Gasteiger partial charge in [0.1, 0.15) is 0 Å². The smallest absolute Gasteiger partial charge is 0.246 e. The SMILES string of the molecule is Cc1cn[nH]c1[C@H]1CCN(C(=O)/C=C/c2ccccc2)C1. The molecule has 4 heteroatoms. The van der Waals surface area contributed by atoms with Gasteiger partial charge in [0, 0.05) is 30.8 Å². The number of rotatable bonds is 3. The maximum Gasteiger partial charge on any atom is 0.246 e. The molecular weight excluding hydrogens is 262 g/mol. The van der Waals surface area contributed by atoms with Gasteiger partial charge < -0.3 is 4.90 Å². The standard InChI is InChI=1S/C17H19N3O/c1-13-11-18-19-17(13)15-9-10-20(12-15)16(21)8-7-14-5-3-2-4-6-14/h2-8,11,15H,9-10,12H2,1H3,(H,18,19)/b8-7+/t15-/m0/s1. The number of carbonyl (C=O) groups excluding carboxylic acids is 1. The van der Waals surface area contributed by atoms with Crippen LogP contribution in [0.2, 0.25) is 0 Å². The van der Waals surface area contributed by atoms with Crippen molar-refractivity contribution >= 4 is 12.0 Å². The number of hydrogen-bond donors (Lipinski definition) is 1. The van der Waals surface area contributed by atoms with E-state index in [1.165, 1.54) is 5.56 Å². The lowest BCUT2D eigenvalue weighted by Crippen LogP contribution is -2.26. The van der Waals surface area contributed by atoms with Gasteiger partial charge >= 0.3 is 0 Å². The molecule has 0 aliphatic carbocycles. The highest BCUT2D eigenvalue weighted by atomic mass is 16.2. The third-order valence-electron chi connectivity index (χ3n) is 3.99. The molecule has 1 aliphatic heterocycles. The molecule has 1 saturated heterocycles. The Morgan fingerprint density at radius 1 is 1.38 bits per heavy atom. The topological polar surface area (TPSA) is 49.0 Å². The number of amides is 1. The number of benzene rings is 1. The predicted octanol–water partition coefficient (Wildman–Crippen LogP) is 2.75. The summed E-state index contributed by atoms with van der Waals surface area (Å²) in [5, 5.41) is 7.13. The van der Waals surface area contributed by atoms with Crippen LogP contribution >= 0.6 is 0 Å². The molecule has 3 rings (SSSR count). The molecule has 0 spiro atoms. The van der Waals surface area contributed by atoms with Gasteiger partial charge in [0.15, 0.2) is 0 Å². The summed E-state index contributed by atoms with van der Waals surface area (Å²) in [6, 6.07) is 9.89. The molecule has 0 bridgehead atoms. The Morgan fingerprint density at radius 3 is 2.90 bits per heavy atom. The zero-order valence-corrected chi connectivity index (χ0v) is 12.1. The number of nitrogens with zero attached hydrogens (tertiary/aromatic N) is 2. The van der Waals surface area contributed by atoms with E-state index in [0.29, 0.717) is 5.92 Å². The molecule has 0 unspecified atom stereocenters. The normalized spacial score (nSPS) is 18.5. The fourth-order valence-electron chi connectivity index (χ4n) is 2.80. The molecule has 1 atom stereocenters. The van der Waals surface area contributed by atoms with Crippen LogP contribution in [-0.2, 0) is 4.79 Å². The molecule has 4 nitrogen and oxygen atoms in total. The second-order valence-corrected chi connectivity index (χ2v) is 5.48. The Bertz CT molecular complexity index is 645. The van der Waals surface area contributed by atoms with Crippen LogP contribution in [0.5, 0.6) is 0 Å². The molecule has 108 valence electrons. The van der Waals surface area contributed by atoms with Gasteiger partial charge in [-0.05, 0) is 30.5 Å². The first-order chi connectivity index (χ1) is 10.2. The number of likely N-dealkylation sites (tertiary alicyclic amines) is 1. The minimum atomic E-state index is 0.0820. The molecule has 2 aromatic rings. The summed E-state index contributed by atoms with van der Waals surface area (Å²) in [5.41, 5.74) is 3.39. The van der Waals surface area contributed by atoms with Gasteiger partial charge in [0.05, 0.1) is 6.20 Å². The van der Waals surface area contributed by atoms with Gasteiger partial charge in [-0.2, -0.15) is 5.10 Å². The van der Waals surface area contributed by atoms with Gasteiger partial charge in [-0.3, -0.25) is 9.89 Å². The average Bonchev–Trinajstić information content (AvgIpc) is 3.14. The number of aryl methyl sites for hydroxylation is 1. The highest BCUT2D eigenvalue weighted by Gasteiger charge is 2.28. The third kappa shape index (κ3) is 3.05. The van der Waals surface area contributed by atoms with Crippen molar-refractivity contribution in [2.75, 3.05) is 13.1 Å². The molecule has 1 aliphatic rings. The first kappa shape index (κ1) is 13.6. The van der Waals surface area contributed by atoms with Gasteiger partial charge in [-0.15, -0.1) is 0 Å². The van der Waals surface area contributed by atoms with Crippen molar-refractivity contribution in [3.05, 3.63) is 59.4 Å². The van der Waals surface area contributed by atoms with Crippen molar-refractivity contribution in [1.82, 2.24) is 15.1 Å². The van der Waals surface area contributed by atoms with E-state index in [2.05, 4.69) is 17.1 Å². The Morgan fingerprint density at radius 2 is 2.19 bits per heavy atom. The average molecular weight is 281 g/mol. The fraction of sp³-hybridized carbons (Fsp3) is 0.294. The number of H-pyrrole nitrogens is 1. The van der Waals surface area contributed by atoms with E-state index in [4.69, 9.17) is 0 Å². The highest BCUT2D eigenvalue weighted by molar-refractivity contribution is 5.92. The highest BCUT2D eigenvalue weighted by Crippen LogP contribution is 2.27. The Balaban J connectivity index is 1.62. The van der Waals surface area contributed by atoms with Gasteiger partial charge in [-0.1, -0.05) is 30.3 Å². The summed E-state index contributed by atoms with van der Waals surface area (Å²) in [6.07, 6.45) is 6.37. The largest absolute Gasteiger partial charge is 0.338 e. The summed E-state index contributed by atoms with van der Waals surface area (Å²) >= 11 is 0. The van der Waals surface area contributed by atoms with Crippen molar-refractivity contribution in [3.8, 4) is 0 Å². The minimum absolute atomic E-state index is 0.0820. The lowest BCUT2D eigenvalue weighted by atomic mass is 10.0. The quantitative estimate of drug-likeness (QED) is 0.879. The van der Waals surface area contributed by atoms with Gasteiger partial charge in [0.25, 0.3) is 0 Å². The first-order valence-corrected chi connectivity index (χ1v) is 7.26. The van der Waals surface area contributed by atoms with Crippen molar-refractivity contribution in [2.45, 2.75) is 19.3 Å². The maximum atomic E-state index is 12.2. The van der Waals surface area contributed by atoms with Crippen molar-refractivity contribution < 1.29 is 4.79 Å². The molecule has 0 radical (unpaired) electrons. The number of nitrogens with one attached hydrogen (secondary N) is 1. The van der Waals surface area contributed by atoms with Gasteiger partial charge in [-0.25, -0.2) is 0 Å². The molecule has 1 amide bonds. The van der Waals surface area contributed by atoms with E-state index in [0.717, 1.165) is 30.8 Å². The van der Waals surface area contributed by atoms with Crippen LogP contribution in [0, 0.1) is 6.92 Å². The Hall–Kier alpha value is -2.36. The monoisotopic (exact) mass is 281 g/mol. The summed E-state index contributed by atoms with van der Waals surface area (Å²) in [5.74, 6) is 0.458. The van der Waals surface area contributed by atoms with E-state index in [9.17, 15) is 4.79 Å². The molecule has 1 N–H and O–H groups in total. The van der Waals surface area contributed by atoms with Crippen LogP contribution in [0.1, 0.15) is 29.2 Å². The third-order valence-corrected chi connectivity index (χ3v) is 3.99. The van der Waals surface area contributed by atoms with Crippen LogP contribution < -0.4 is 0 Å². The zero-order valence-electron chi connectivity index (χ0n) is 12.1. The molecule has 2 heterocycles. The Kier molecular flexibility index (Phi) is 3.86. The summed E-state index contributed by atoms with van der Waals surface area (Å²) in [6.45, 7) is 3.63. The lowest BCUT2D eigenvalue weighted by molar-refractivity contribution is -0.124. The molecule has 1 aromatic heterocycles. The maximum absolute atomic E-state index is 12.2. The van der Waals surface area contributed by atoms with Crippen LogP contribution in [0.3, 0.4) is 0 Å². The predicted molar refractivity (Wildman–Crippen MR) is 82.7 cm³/mol. The Labute approximate surface area is 124 Å². The summed E-state index contributed by atoms with van der Waals surface area (Å²) < 4.78 is 0. The molecule has 1 fully saturated rings. The first-order valence-electron chi connectivity index (χ1n) is 7.26. The van der Waals surface area contributed by atoms with Crippen LogP contribution in [-0.4, -0.2) is 34.1 Å². The molecule has 1 aromatic carbocycles. The van der Waals surface area contributed by atoms with Crippen LogP contribution in [0.25, 0.3) is 6.08 Å². The van der Waals surface area contributed by atoms with Crippen LogP contribution in [0.15, 0.2) is 42.6 Å². The molecular formula is C17H19N3O. The molecule has 21 heavy (non-hydrogen) atoms. The van der Waals surface area contributed by atoms with E-state index >= 15 is 0 Å². The fourth-order valence-corrected chi connectivity index (χ4v) is 2.80. The van der Waals surface area contributed by atoms with E-state index < -0.39 is 0 Å². The summed E-state index contributed by atoms with van der Waals surface area (Å²) in [4.78, 5) is 14.1. The number of aromatic amines is 1. The lowest BCUT2D eigenvalue weighted by Gasteiger charge is -2.14. The van der Waals surface area contributed by atoms with Crippen molar-refractivity contribution in [2.24, 2.45) is 0 Å². The van der Waals surface area contributed by atoms with E-state index in [1.807, 2.05) is 47.5 Å². The second kappa shape index (κ2) is 5.95. The van der Waals surface area contributed by atoms with Crippen molar-refractivity contribution in [3.63, 3.8) is 0 Å². The number of aromatic nitrogens is 2. The minimum Gasteiger partial charge on any atom is -0.338 e. The van der Waals surface area contributed by atoms with Crippen molar-refractivity contribution in [1.29, 1.82) is 0 Å². The number of hydrogen-bond acceptors (Lipinski definition) is 2. The molecule has 0 saturated carbocycles. The van der Waals surface area contributed by atoms with E-state index in [-0.39, 0.29) is 5.91 Å². The van der Waals surface area contributed by atoms with E-state index in [1.54, 1.807) is 6.08 Å². The van der Waals surface area contributed by atoms with Crippen LogP contribution in [0.4, 0.5) is 0 Å². The van der Waals surface area contributed by atoms with Gasteiger partial charge in [0.2, 0.25) is 5.91 Å². The number of carbonyl (C=O) groups is 1. The second-order valence-electron chi connectivity index (χ2n) is 5.48. The summed E-state index contributed by atoms with van der Waals surface area (Å²) in [7, 11) is 0. The zero-order chi connectivity index (χ0) is 14.7.